The molecule has 6 heteroatoms. The van der Waals surface area contributed by atoms with Crippen molar-refractivity contribution in [2.24, 2.45) is 11.7 Å². The third-order valence-corrected chi connectivity index (χ3v) is 3.68. The van der Waals surface area contributed by atoms with Gasteiger partial charge in [-0.3, -0.25) is 9.59 Å². The van der Waals surface area contributed by atoms with Crippen LogP contribution < -0.4 is 15.8 Å². The van der Waals surface area contributed by atoms with Crippen LogP contribution in [-0.4, -0.2) is 18.4 Å². The quantitative estimate of drug-likeness (QED) is 0.785. The van der Waals surface area contributed by atoms with Crippen LogP contribution in [-0.2, 0) is 0 Å². The van der Waals surface area contributed by atoms with E-state index in [-0.39, 0.29) is 5.91 Å². The summed E-state index contributed by atoms with van der Waals surface area (Å²) in [6.45, 7) is 4.60. The summed E-state index contributed by atoms with van der Waals surface area (Å²) in [5.74, 6) is 0.0789. The first kappa shape index (κ1) is 18.0. The van der Waals surface area contributed by atoms with Crippen molar-refractivity contribution >= 4 is 33.4 Å². The fourth-order valence-electron chi connectivity index (χ4n) is 1.98. The lowest BCUT2D eigenvalue weighted by molar-refractivity contribution is 0.0997. The number of anilines is 1. The Morgan fingerprint density at radius 3 is 2.42 bits per heavy atom. The first-order chi connectivity index (χ1) is 11.4. The van der Waals surface area contributed by atoms with Gasteiger partial charge in [0.15, 0.2) is 0 Å². The van der Waals surface area contributed by atoms with Gasteiger partial charge in [-0.15, -0.1) is 0 Å². The first-order valence-corrected chi connectivity index (χ1v) is 8.29. The average molecular weight is 391 g/mol. The maximum atomic E-state index is 12.5. The molecule has 24 heavy (non-hydrogen) atoms. The van der Waals surface area contributed by atoms with Crippen molar-refractivity contribution in [3.8, 4) is 5.75 Å². The summed E-state index contributed by atoms with van der Waals surface area (Å²) in [7, 11) is 0. The molecule has 0 aromatic heterocycles. The molecule has 0 spiro atoms. The van der Waals surface area contributed by atoms with E-state index in [2.05, 4.69) is 21.2 Å². The van der Waals surface area contributed by atoms with Gasteiger partial charge in [0.2, 0.25) is 5.91 Å². The van der Waals surface area contributed by atoms with Gasteiger partial charge in [-0.05, 0) is 48.4 Å². The average Bonchev–Trinajstić information content (AvgIpc) is 2.54. The lowest BCUT2D eigenvalue weighted by Gasteiger charge is -2.14. The van der Waals surface area contributed by atoms with Crippen molar-refractivity contribution in [1.29, 1.82) is 0 Å². The molecule has 0 unspecified atom stereocenters. The van der Waals surface area contributed by atoms with E-state index in [0.717, 1.165) is 4.47 Å². The molecular weight excluding hydrogens is 372 g/mol. The van der Waals surface area contributed by atoms with Crippen LogP contribution in [0.15, 0.2) is 46.9 Å². The number of halogens is 1. The molecule has 126 valence electrons. The van der Waals surface area contributed by atoms with Crippen LogP contribution in [0.25, 0.3) is 0 Å². The van der Waals surface area contributed by atoms with Gasteiger partial charge in [-0.1, -0.05) is 29.8 Å². The van der Waals surface area contributed by atoms with Crippen molar-refractivity contribution in [1.82, 2.24) is 0 Å². The molecule has 2 aromatic carbocycles. The van der Waals surface area contributed by atoms with E-state index in [9.17, 15) is 9.59 Å². The molecule has 2 aromatic rings. The summed E-state index contributed by atoms with van der Waals surface area (Å²) < 4.78 is 6.51. The van der Waals surface area contributed by atoms with E-state index in [1.165, 1.54) is 0 Å². The Labute approximate surface area is 149 Å². The number of nitrogens with one attached hydrogen (secondary N) is 1. The smallest absolute Gasteiger partial charge is 0.259 e. The topological polar surface area (TPSA) is 81.4 Å². The molecule has 2 rings (SSSR count). The van der Waals surface area contributed by atoms with Gasteiger partial charge in [-0.2, -0.15) is 0 Å². The Morgan fingerprint density at radius 1 is 1.17 bits per heavy atom. The molecule has 2 amide bonds. The van der Waals surface area contributed by atoms with E-state index in [4.69, 9.17) is 10.5 Å². The van der Waals surface area contributed by atoms with E-state index in [1.54, 1.807) is 36.4 Å². The number of nitrogens with two attached hydrogens (primary N) is 1. The number of carbonyl (C=O) groups is 2. The van der Waals surface area contributed by atoms with Gasteiger partial charge < -0.3 is 15.8 Å². The van der Waals surface area contributed by atoms with Crippen LogP contribution in [0.3, 0.4) is 0 Å². The molecule has 0 saturated carbocycles. The first-order valence-electron chi connectivity index (χ1n) is 7.50. The fraction of sp³-hybridized carbons (Fsp3) is 0.222. The zero-order valence-corrected chi connectivity index (χ0v) is 15.1. The molecule has 5 nitrogen and oxygen atoms in total. The van der Waals surface area contributed by atoms with Gasteiger partial charge in [-0.25, -0.2) is 0 Å². The molecule has 3 N–H and O–H groups in total. The van der Waals surface area contributed by atoms with E-state index in [1.807, 2.05) is 19.9 Å². The van der Waals surface area contributed by atoms with Crippen molar-refractivity contribution < 1.29 is 14.3 Å². The van der Waals surface area contributed by atoms with Gasteiger partial charge in [0.25, 0.3) is 5.91 Å². The molecule has 0 aliphatic heterocycles. The summed E-state index contributed by atoms with van der Waals surface area (Å²) in [5.41, 5.74) is 6.59. The number of benzene rings is 2. The number of primary amides is 1. The second kappa shape index (κ2) is 7.97. The highest BCUT2D eigenvalue weighted by Gasteiger charge is 2.14. The normalized spacial score (nSPS) is 10.5. The van der Waals surface area contributed by atoms with Crippen LogP contribution in [0.1, 0.15) is 34.6 Å². The van der Waals surface area contributed by atoms with Crippen LogP contribution in [0.5, 0.6) is 5.75 Å². The number of amides is 2. The highest BCUT2D eigenvalue weighted by Crippen LogP contribution is 2.25. The van der Waals surface area contributed by atoms with Crippen molar-refractivity contribution in [3.63, 3.8) is 0 Å². The minimum atomic E-state index is -0.510. The molecule has 0 atom stereocenters. The Bertz CT molecular complexity index is 742. The van der Waals surface area contributed by atoms with Gasteiger partial charge in [0.05, 0.1) is 12.2 Å². The Kier molecular flexibility index (Phi) is 5.98. The minimum Gasteiger partial charge on any atom is -0.492 e. The van der Waals surface area contributed by atoms with E-state index < -0.39 is 5.91 Å². The van der Waals surface area contributed by atoms with Crippen molar-refractivity contribution in [3.05, 3.63) is 58.1 Å². The summed E-state index contributed by atoms with van der Waals surface area (Å²) in [6, 6.07) is 11.7. The number of carbonyl (C=O) groups excluding carboxylic acids is 2. The van der Waals surface area contributed by atoms with Crippen LogP contribution in [0.2, 0.25) is 0 Å². The highest BCUT2D eigenvalue weighted by atomic mass is 79.9. The SMILES string of the molecule is CC(C)COc1ccc(Br)cc1C(=O)Nc1ccc(C(N)=O)cc1. The Morgan fingerprint density at radius 2 is 1.83 bits per heavy atom. The molecule has 0 bridgehead atoms. The lowest BCUT2D eigenvalue weighted by Crippen LogP contribution is -2.15. The second-order valence-corrected chi connectivity index (χ2v) is 6.66. The second-order valence-electron chi connectivity index (χ2n) is 5.74. The van der Waals surface area contributed by atoms with Crippen molar-refractivity contribution in [2.75, 3.05) is 11.9 Å². The van der Waals surface area contributed by atoms with E-state index >= 15 is 0 Å². The number of hydrogen-bond donors (Lipinski definition) is 2. The summed E-state index contributed by atoms with van der Waals surface area (Å²) in [5, 5.41) is 2.79. The minimum absolute atomic E-state index is 0.290. The predicted molar refractivity (Wildman–Crippen MR) is 97.4 cm³/mol. The maximum Gasteiger partial charge on any atom is 0.259 e. The third-order valence-electron chi connectivity index (χ3n) is 3.19. The standard InChI is InChI=1S/C18H19BrN2O3/c1-11(2)10-24-16-8-5-13(19)9-15(16)18(23)21-14-6-3-12(4-7-14)17(20)22/h3-9,11H,10H2,1-2H3,(H2,20,22)(H,21,23). The predicted octanol–water partition coefficient (Wildman–Crippen LogP) is 3.84. The van der Waals surface area contributed by atoms with Gasteiger partial charge in [0, 0.05) is 15.7 Å². The van der Waals surface area contributed by atoms with Crippen LogP contribution in [0, 0.1) is 5.92 Å². The number of ether oxygens (including phenoxy) is 1. The summed E-state index contributed by atoms with van der Waals surface area (Å²) in [6.07, 6.45) is 0. The van der Waals surface area contributed by atoms with Crippen LogP contribution >= 0.6 is 15.9 Å². The molecule has 0 saturated heterocycles. The largest absolute Gasteiger partial charge is 0.492 e. The molecule has 0 aliphatic rings. The zero-order valence-electron chi connectivity index (χ0n) is 13.5. The molecule has 0 heterocycles. The number of rotatable bonds is 6. The Balaban J connectivity index is 2.19. The number of hydrogen-bond acceptors (Lipinski definition) is 3. The zero-order chi connectivity index (χ0) is 17.7. The van der Waals surface area contributed by atoms with Gasteiger partial charge in [0.1, 0.15) is 5.75 Å². The third kappa shape index (κ3) is 4.83. The highest BCUT2D eigenvalue weighted by molar-refractivity contribution is 9.10. The maximum absolute atomic E-state index is 12.5. The Hall–Kier alpha value is -2.34. The molecule has 0 aliphatic carbocycles. The van der Waals surface area contributed by atoms with E-state index in [0.29, 0.717) is 35.1 Å². The molecular formula is C18H19BrN2O3. The van der Waals surface area contributed by atoms with Gasteiger partial charge >= 0.3 is 0 Å². The molecule has 0 fully saturated rings. The van der Waals surface area contributed by atoms with Crippen molar-refractivity contribution in [2.45, 2.75) is 13.8 Å². The summed E-state index contributed by atoms with van der Waals surface area (Å²) in [4.78, 5) is 23.6. The molecule has 0 radical (unpaired) electrons. The van der Waals surface area contributed by atoms with Crippen LogP contribution in [0.4, 0.5) is 5.69 Å². The summed E-state index contributed by atoms with van der Waals surface area (Å²) >= 11 is 3.37. The fourth-order valence-corrected chi connectivity index (χ4v) is 2.34. The monoisotopic (exact) mass is 390 g/mol. The lowest BCUT2D eigenvalue weighted by atomic mass is 10.1.